The SMILES string of the molecule is CCc1nncn1CCNC(=NC)NCCc1ccc2c(c1)CCO2.I. The smallest absolute Gasteiger partial charge is 0.191 e. The Hall–Kier alpha value is -1.84. The van der Waals surface area contributed by atoms with Crippen molar-refractivity contribution in [2.45, 2.75) is 32.7 Å². The van der Waals surface area contributed by atoms with Gasteiger partial charge in [0.2, 0.25) is 0 Å². The van der Waals surface area contributed by atoms with Crippen molar-refractivity contribution in [3.63, 3.8) is 0 Å². The Morgan fingerprint density at radius 2 is 2.15 bits per heavy atom. The largest absolute Gasteiger partial charge is 0.493 e. The molecule has 0 radical (unpaired) electrons. The highest BCUT2D eigenvalue weighted by Gasteiger charge is 2.11. The van der Waals surface area contributed by atoms with Crippen LogP contribution >= 0.6 is 24.0 Å². The average molecular weight is 470 g/mol. The van der Waals surface area contributed by atoms with Gasteiger partial charge in [-0.15, -0.1) is 34.2 Å². The minimum Gasteiger partial charge on any atom is -0.493 e. The van der Waals surface area contributed by atoms with Crippen molar-refractivity contribution < 1.29 is 4.74 Å². The van der Waals surface area contributed by atoms with Crippen molar-refractivity contribution in [2.75, 3.05) is 26.7 Å². The topological polar surface area (TPSA) is 76.4 Å². The van der Waals surface area contributed by atoms with E-state index in [2.05, 4.69) is 55.5 Å². The van der Waals surface area contributed by atoms with E-state index in [1.54, 1.807) is 13.4 Å². The Morgan fingerprint density at radius 1 is 1.31 bits per heavy atom. The molecular weight excluding hydrogens is 443 g/mol. The second kappa shape index (κ2) is 10.3. The molecule has 0 saturated carbocycles. The van der Waals surface area contributed by atoms with Gasteiger partial charge in [0.15, 0.2) is 5.96 Å². The number of benzene rings is 1. The zero-order chi connectivity index (χ0) is 17.5. The van der Waals surface area contributed by atoms with E-state index in [0.717, 1.165) is 63.0 Å². The standard InChI is InChI=1S/C18H26N6O.HI/c1-3-17-23-22-13-24(17)10-9-21-18(19-2)20-8-6-14-4-5-16-15(12-14)7-11-25-16;/h4-5,12-13H,3,6-11H2,1-2H3,(H2,19,20,21);1H. The van der Waals surface area contributed by atoms with E-state index < -0.39 is 0 Å². The van der Waals surface area contributed by atoms with Crippen LogP contribution in [-0.2, 0) is 25.8 Å². The summed E-state index contributed by atoms with van der Waals surface area (Å²) in [5, 5.41) is 14.7. The maximum atomic E-state index is 5.55. The summed E-state index contributed by atoms with van der Waals surface area (Å²) in [5.41, 5.74) is 2.64. The molecule has 0 saturated heterocycles. The minimum absolute atomic E-state index is 0. The van der Waals surface area contributed by atoms with Crippen LogP contribution < -0.4 is 15.4 Å². The van der Waals surface area contributed by atoms with Crippen LogP contribution in [0, 0.1) is 0 Å². The second-order valence-corrected chi connectivity index (χ2v) is 6.01. The third kappa shape index (κ3) is 5.33. The Balaban J connectivity index is 0.00000243. The second-order valence-electron chi connectivity index (χ2n) is 6.01. The molecule has 1 aromatic carbocycles. The van der Waals surface area contributed by atoms with E-state index in [1.807, 2.05) is 0 Å². The Kier molecular flexibility index (Phi) is 8.14. The van der Waals surface area contributed by atoms with Crippen LogP contribution in [0.3, 0.4) is 0 Å². The summed E-state index contributed by atoms with van der Waals surface area (Å²) in [4.78, 5) is 4.27. The van der Waals surface area contributed by atoms with E-state index in [9.17, 15) is 0 Å². The number of rotatable bonds is 7. The molecule has 0 fully saturated rings. The maximum absolute atomic E-state index is 5.55. The Labute approximate surface area is 171 Å². The fraction of sp³-hybridized carbons (Fsp3) is 0.500. The number of halogens is 1. The highest BCUT2D eigenvalue weighted by atomic mass is 127. The summed E-state index contributed by atoms with van der Waals surface area (Å²) in [6, 6.07) is 6.47. The summed E-state index contributed by atoms with van der Waals surface area (Å²) in [6.45, 7) is 5.33. The minimum atomic E-state index is 0. The molecule has 0 bridgehead atoms. The summed E-state index contributed by atoms with van der Waals surface area (Å²) in [5.74, 6) is 2.86. The van der Waals surface area contributed by atoms with Gasteiger partial charge in [-0.1, -0.05) is 19.1 Å². The van der Waals surface area contributed by atoms with Crippen LogP contribution in [0.15, 0.2) is 29.5 Å². The predicted octanol–water partition coefficient (Wildman–Crippen LogP) is 1.80. The number of aryl methyl sites for hydroxylation is 1. The number of aromatic nitrogens is 3. The normalized spacial score (nSPS) is 12.9. The predicted molar refractivity (Wildman–Crippen MR) is 114 cm³/mol. The molecule has 8 heteroatoms. The van der Waals surface area contributed by atoms with E-state index in [-0.39, 0.29) is 24.0 Å². The monoisotopic (exact) mass is 470 g/mol. The van der Waals surface area contributed by atoms with Gasteiger partial charge in [-0.2, -0.15) is 0 Å². The fourth-order valence-electron chi connectivity index (χ4n) is 2.98. The molecule has 2 N–H and O–H groups in total. The number of aliphatic imine (C=N–C) groups is 1. The maximum Gasteiger partial charge on any atom is 0.191 e. The Bertz CT molecular complexity index is 730. The van der Waals surface area contributed by atoms with Crippen molar-refractivity contribution in [2.24, 2.45) is 4.99 Å². The molecule has 2 aromatic rings. The average Bonchev–Trinajstić information content (AvgIpc) is 3.28. The number of nitrogens with zero attached hydrogens (tertiary/aromatic N) is 4. The molecule has 1 aliphatic rings. The molecule has 7 nitrogen and oxygen atoms in total. The quantitative estimate of drug-likeness (QED) is 0.367. The van der Waals surface area contributed by atoms with Crippen molar-refractivity contribution in [3.8, 4) is 5.75 Å². The molecule has 2 heterocycles. The van der Waals surface area contributed by atoms with Crippen LogP contribution in [-0.4, -0.2) is 47.5 Å². The molecule has 0 unspecified atom stereocenters. The van der Waals surface area contributed by atoms with Gasteiger partial charge in [-0.3, -0.25) is 4.99 Å². The lowest BCUT2D eigenvalue weighted by atomic mass is 10.1. The van der Waals surface area contributed by atoms with E-state index in [4.69, 9.17) is 4.74 Å². The third-order valence-electron chi connectivity index (χ3n) is 4.34. The lowest BCUT2D eigenvalue weighted by Crippen LogP contribution is -2.39. The van der Waals surface area contributed by atoms with Crippen LogP contribution in [0.2, 0.25) is 0 Å². The third-order valence-corrected chi connectivity index (χ3v) is 4.34. The van der Waals surface area contributed by atoms with Crippen molar-refractivity contribution in [1.82, 2.24) is 25.4 Å². The van der Waals surface area contributed by atoms with Crippen LogP contribution in [0.25, 0.3) is 0 Å². The van der Waals surface area contributed by atoms with Crippen molar-refractivity contribution in [1.29, 1.82) is 0 Å². The number of hydrogen-bond donors (Lipinski definition) is 2. The summed E-state index contributed by atoms with van der Waals surface area (Å²) in [7, 11) is 1.79. The molecule has 0 aliphatic carbocycles. The van der Waals surface area contributed by atoms with Gasteiger partial charge in [0.05, 0.1) is 6.61 Å². The van der Waals surface area contributed by atoms with E-state index in [1.165, 1.54) is 11.1 Å². The van der Waals surface area contributed by atoms with Gasteiger partial charge < -0.3 is 19.9 Å². The Morgan fingerprint density at radius 3 is 2.96 bits per heavy atom. The number of nitrogens with one attached hydrogen (secondary N) is 2. The molecule has 0 spiro atoms. The highest BCUT2D eigenvalue weighted by Crippen LogP contribution is 2.25. The van der Waals surface area contributed by atoms with Gasteiger partial charge in [-0.25, -0.2) is 0 Å². The fourth-order valence-corrected chi connectivity index (χ4v) is 2.98. The lowest BCUT2D eigenvalue weighted by molar-refractivity contribution is 0.357. The van der Waals surface area contributed by atoms with Crippen molar-refractivity contribution >= 4 is 29.9 Å². The molecule has 0 atom stereocenters. The zero-order valence-corrected chi connectivity index (χ0v) is 17.7. The first-order chi connectivity index (χ1) is 12.3. The van der Waals surface area contributed by atoms with Crippen molar-refractivity contribution in [3.05, 3.63) is 41.5 Å². The first kappa shape index (κ1) is 20.5. The number of ether oxygens (including phenoxy) is 1. The molecule has 142 valence electrons. The van der Waals surface area contributed by atoms with E-state index >= 15 is 0 Å². The van der Waals surface area contributed by atoms with Gasteiger partial charge >= 0.3 is 0 Å². The first-order valence-electron chi connectivity index (χ1n) is 8.86. The zero-order valence-electron chi connectivity index (χ0n) is 15.4. The molecule has 1 aromatic heterocycles. The van der Waals surface area contributed by atoms with Gasteiger partial charge in [0.25, 0.3) is 0 Å². The highest BCUT2D eigenvalue weighted by molar-refractivity contribution is 14.0. The summed E-state index contributed by atoms with van der Waals surface area (Å²) in [6.07, 6.45) is 4.63. The van der Waals surface area contributed by atoms with Crippen LogP contribution in [0.4, 0.5) is 0 Å². The first-order valence-corrected chi connectivity index (χ1v) is 8.86. The molecule has 26 heavy (non-hydrogen) atoms. The molecule has 1 aliphatic heterocycles. The lowest BCUT2D eigenvalue weighted by Gasteiger charge is -2.13. The van der Waals surface area contributed by atoms with Gasteiger partial charge in [0, 0.05) is 39.5 Å². The van der Waals surface area contributed by atoms with Gasteiger partial charge in [-0.05, 0) is 23.6 Å². The molecular formula is C18H27IN6O. The molecule has 3 rings (SSSR count). The summed E-state index contributed by atoms with van der Waals surface area (Å²) >= 11 is 0. The van der Waals surface area contributed by atoms with Gasteiger partial charge in [0.1, 0.15) is 17.9 Å². The van der Waals surface area contributed by atoms with Crippen LogP contribution in [0.1, 0.15) is 23.9 Å². The number of fused-ring (bicyclic) bond motifs is 1. The molecule has 0 amide bonds. The van der Waals surface area contributed by atoms with Crippen LogP contribution in [0.5, 0.6) is 5.75 Å². The number of hydrogen-bond acceptors (Lipinski definition) is 4. The number of guanidine groups is 1. The van der Waals surface area contributed by atoms with E-state index in [0.29, 0.717) is 0 Å². The summed E-state index contributed by atoms with van der Waals surface area (Å²) < 4.78 is 7.61.